The third-order valence-electron chi connectivity index (χ3n) is 4.96. The number of aromatic hydroxyl groups is 1. The molecule has 3 rings (SSSR count). The maximum atomic E-state index is 13.0. The second-order valence-electron chi connectivity index (χ2n) is 6.87. The molecule has 0 spiro atoms. The Labute approximate surface area is 162 Å². The fourth-order valence-electron chi connectivity index (χ4n) is 3.41. The Morgan fingerprint density at radius 2 is 1.89 bits per heavy atom. The first kappa shape index (κ1) is 19.6. The van der Waals surface area contributed by atoms with Crippen LogP contribution in [0.2, 0.25) is 0 Å². The van der Waals surface area contributed by atoms with Crippen LogP contribution >= 0.6 is 11.8 Å². The quantitative estimate of drug-likeness (QED) is 0.429. The van der Waals surface area contributed by atoms with Crippen molar-refractivity contribution in [2.75, 3.05) is 25.4 Å². The Kier molecular flexibility index (Phi) is 6.68. The molecule has 0 unspecified atom stereocenters. The smallest absolute Gasteiger partial charge is 0.310 e. The first-order chi connectivity index (χ1) is 13.0. The van der Waals surface area contributed by atoms with Crippen molar-refractivity contribution in [3.05, 3.63) is 64.0 Å². The molecule has 1 heterocycles. The molecule has 0 radical (unpaired) electrons. The second-order valence-corrected chi connectivity index (χ2v) is 8.04. The summed E-state index contributed by atoms with van der Waals surface area (Å²) in [7, 11) is 0. The topological polar surface area (TPSA) is 66.6 Å². The number of nitro groups is 1. The minimum Gasteiger partial charge on any atom is -0.502 e. The Morgan fingerprint density at radius 3 is 2.52 bits per heavy atom. The standard InChI is InChI=1S/C20H23FN2O3S/c21-17-3-1-15(2-4-17)13-16-7-9-22(10-8-16)11-12-27-18-5-6-19(23(25)26)20(24)14-18/h1-6,14,16,24H,7-13H2. The average Bonchev–Trinajstić information content (AvgIpc) is 2.65. The van der Waals surface area contributed by atoms with Gasteiger partial charge in [-0.05, 0) is 62.0 Å². The molecule has 1 fully saturated rings. The monoisotopic (exact) mass is 390 g/mol. The van der Waals surface area contributed by atoms with Crippen molar-refractivity contribution in [3.63, 3.8) is 0 Å². The first-order valence-corrected chi connectivity index (χ1v) is 10.1. The van der Waals surface area contributed by atoms with Crippen molar-refractivity contribution >= 4 is 17.4 Å². The predicted octanol–water partition coefficient (Wildman–Crippen LogP) is 4.49. The lowest BCUT2D eigenvalue weighted by molar-refractivity contribution is -0.385. The Bertz CT molecular complexity index is 777. The van der Waals surface area contributed by atoms with Gasteiger partial charge in [0.25, 0.3) is 0 Å². The summed E-state index contributed by atoms with van der Waals surface area (Å²) in [6.45, 7) is 3.06. The largest absolute Gasteiger partial charge is 0.502 e. The van der Waals surface area contributed by atoms with E-state index < -0.39 is 4.92 Å². The summed E-state index contributed by atoms with van der Waals surface area (Å²) < 4.78 is 13.0. The lowest BCUT2D eigenvalue weighted by Crippen LogP contribution is -2.35. The van der Waals surface area contributed by atoms with Crippen LogP contribution in [-0.2, 0) is 6.42 Å². The number of phenolic OH excluding ortho intramolecular Hbond substituents is 1. The molecule has 2 aromatic carbocycles. The zero-order chi connectivity index (χ0) is 19.2. The molecule has 0 bridgehead atoms. The summed E-state index contributed by atoms with van der Waals surface area (Å²) >= 11 is 1.59. The van der Waals surface area contributed by atoms with E-state index in [1.165, 1.54) is 29.8 Å². The molecule has 1 aliphatic heterocycles. The van der Waals surface area contributed by atoms with Gasteiger partial charge < -0.3 is 10.0 Å². The molecular formula is C20H23FN2O3S. The predicted molar refractivity (Wildman–Crippen MR) is 105 cm³/mol. The highest BCUT2D eigenvalue weighted by Crippen LogP contribution is 2.31. The molecule has 0 atom stereocenters. The number of thioether (sulfide) groups is 1. The molecule has 0 aliphatic carbocycles. The summed E-state index contributed by atoms with van der Waals surface area (Å²) in [5.41, 5.74) is 0.936. The molecule has 0 saturated carbocycles. The number of hydrogen-bond donors (Lipinski definition) is 1. The minimum absolute atomic E-state index is 0.188. The summed E-state index contributed by atoms with van der Waals surface area (Å²) in [6.07, 6.45) is 3.28. The van der Waals surface area contributed by atoms with E-state index >= 15 is 0 Å². The molecule has 0 aromatic heterocycles. The van der Waals surface area contributed by atoms with Crippen molar-refractivity contribution < 1.29 is 14.4 Å². The molecule has 5 nitrogen and oxygen atoms in total. The van der Waals surface area contributed by atoms with Crippen LogP contribution < -0.4 is 0 Å². The number of hydrogen-bond acceptors (Lipinski definition) is 5. The van der Waals surface area contributed by atoms with Crippen LogP contribution in [0.3, 0.4) is 0 Å². The van der Waals surface area contributed by atoms with E-state index in [1.54, 1.807) is 17.8 Å². The Morgan fingerprint density at radius 1 is 1.19 bits per heavy atom. The Hall–Kier alpha value is -2.12. The van der Waals surface area contributed by atoms with Crippen LogP contribution in [0, 0.1) is 21.8 Å². The van der Waals surface area contributed by atoms with Gasteiger partial charge >= 0.3 is 5.69 Å². The zero-order valence-corrected chi connectivity index (χ0v) is 15.8. The number of piperidine rings is 1. The maximum Gasteiger partial charge on any atom is 0.310 e. The molecule has 1 N–H and O–H groups in total. The van der Waals surface area contributed by atoms with E-state index in [2.05, 4.69) is 4.90 Å². The highest BCUT2D eigenvalue weighted by molar-refractivity contribution is 7.99. The summed E-state index contributed by atoms with van der Waals surface area (Å²) in [5.74, 6) is 1.05. The molecular weight excluding hydrogens is 367 g/mol. The van der Waals surface area contributed by atoms with Gasteiger partial charge in [-0.2, -0.15) is 0 Å². The molecule has 1 saturated heterocycles. The minimum atomic E-state index is -0.583. The van der Waals surface area contributed by atoms with Crippen LogP contribution in [0.25, 0.3) is 0 Å². The van der Waals surface area contributed by atoms with Crippen LogP contribution in [0.1, 0.15) is 18.4 Å². The normalized spacial score (nSPS) is 15.7. The Balaban J connectivity index is 1.39. The molecule has 27 heavy (non-hydrogen) atoms. The molecule has 0 amide bonds. The van der Waals surface area contributed by atoms with Crippen LogP contribution in [0.5, 0.6) is 5.75 Å². The fraction of sp³-hybridized carbons (Fsp3) is 0.400. The maximum absolute atomic E-state index is 13.0. The van der Waals surface area contributed by atoms with Crippen molar-refractivity contribution in [1.29, 1.82) is 0 Å². The molecule has 1 aliphatic rings. The molecule has 7 heteroatoms. The van der Waals surface area contributed by atoms with Gasteiger partial charge in [0, 0.05) is 29.3 Å². The summed E-state index contributed by atoms with van der Waals surface area (Å²) in [4.78, 5) is 13.4. The number of halogens is 1. The third-order valence-corrected chi connectivity index (χ3v) is 5.94. The van der Waals surface area contributed by atoms with Crippen LogP contribution in [-0.4, -0.2) is 40.3 Å². The van der Waals surface area contributed by atoms with Gasteiger partial charge in [-0.1, -0.05) is 12.1 Å². The van der Waals surface area contributed by atoms with Crippen molar-refractivity contribution in [2.24, 2.45) is 5.92 Å². The van der Waals surface area contributed by atoms with Crippen LogP contribution in [0.15, 0.2) is 47.4 Å². The van der Waals surface area contributed by atoms with Gasteiger partial charge in [0.15, 0.2) is 5.75 Å². The van der Waals surface area contributed by atoms with Gasteiger partial charge in [0.05, 0.1) is 4.92 Å². The number of benzene rings is 2. The van der Waals surface area contributed by atoms with E-state index in [4.69, 9.17) is 0 Å². The van der Waals surface area contributed by atoms with Crippen LogP contribution in [0.4, 0.5) is 10.1 Å². The highest BCUT2D eigenvalue weighted by Gasteiger charge is 2.19. The summed E-state index contributed by atoms with van der Waals surface area (Å²) in [6, 6.07) is 11.3. The van der Waals surface area contributed by atoms with Gasteiger partial charge in [-0.25, -0.2) is 4.39 Å². The number of likely N-dealkylation sites (tertiary alicyclic amines) is 1. The van der Waals surface area contributed by atoms with E-state index in [-0.39, 0.29) is 17.3 Å². The molecule has 2 aromatic rings. The summed E-state index contributed by atoms with van der Waals surface area (Å²) in [5, 5.41) is 20.4. The zero-order valence-electron chi connectivity index (χ0n) is 15.0. The van der Waals surface area contributed by atoms with Gasteiger partial charge in [-0.3, -0.25) is 10.1 Å². The van der Waals surface area contributed by atoms with Crippen molar-refractivity contribution in [3.8, 4) is 5.75 Å². The van der Waals surface area contributed by atoms with Crippen molar-refractivity contribution in [1.82, 2.24) is 4.90 Å². The van der Waals surface area contributed by atoms with Crippen molar-refractivity contribution in [2.45, 2.75) is 24.2 Å². The van der Waals surface area contributed by atoms with E-state index in [0.717, 1.165) is 49.5 Å². The fourth-order valence-corrected chi connectivity index (χ4v) is 4.35. The lowest BCUT2D eigenvalue weighted by atomic mass is 9.90. The first-order valence-electron chi connectivity index (χ1n) is 9.08. The van der Waals surface area contributed by atoms with Gasteiger partial charge in [0.1, 0.15) is 5.82 Å². The lowest BCUT2D eigenvalue weighted by Gasteiger charge is -2.32. The average molecular weight is 390 g/mol. The third kappa shape index (κ3) is 5.68. The number of phenols is 1. The number of rotatable bonds is 7. The second kappa shape index (κ2) is 9.19. The van der Waals surface area contributed by atoms with E-state index in [0.29, 0.717) is 5.92 Å². The highest BCUT2D eigenvalue weighted by atomic mass is 32.2. The van der Waals surface area contributed by atoms with E-state index in [9.17, 15) is 19.6 Å². The van der Waals surface area contributed by atoms with Gasteiger partial charge in [-0.15, -0.1) is 11.8 Å². The SMILES string of the molecule is O=[N+]([O-])c1ccc(SCCN2CCC(Cc3ccc(F)cc3)CC2)cc1O. The number of nitrogens with zero attached hydrogens (tertiary/aromatic N) is 2. The van der Waals surface area contributed by atoms with Gasteiger partial charge in [0.2, 0.25) is 0 Å². The molecule has 144 valence electrons. The van der Waals surface area contributed by atoms with E-state index in [1.807, 2.05) is 12.1 Å². The number of nitro benzene ring substituents is 1.